The summed E-state index contributed by atoms with van der Waals surface area (Å²) in [4.78, 5) is 12.3. The van der Waals surface area contributed by atoms with E-state index in [1.807, 2.05) is 6.92 Å². The van der Waals surface area contributed by atoms with Gasteiger partial charge in [0.15, 0.2) is 0 Å². The van der Waals surface area contributed by atoms with Gasteiger partial charge in [-0.3, -0.25) is 9.78 Å². The molecule has 0 aliphatic heterocycles. The van der Waals surface area contributed by atoms with Gasteiger partial charge in [0.2, 0.25) is 6.41 Å². The van der Waals surface area contributed by atoms with E-state index in [9.17, 15) is 4.39 Å². The summed E-state index contributed by atoms with van der Waals surface area (Å²) in [5.74, 6) is -0.282. The summed E-state index contributed by atoms with van der Waals surface area (Å²) in [6.45, 7) is 1.82. The third kappa shape index (κ3) is 5.02. The van der Waals surface area contributed by atoms with Crippen LogP contribution in [0.15, 0.2) is 18.3 Å². The molecule has 2 N–H and O–H groups in total. The molecular formula is C7H9FN2O. The van der Waals surface area contributed by atoms with Crippen LogP contribution >= 0.6 is 0 Å². The number of amides is 1. The van der Waals surface area contributed by atoms with Crippen molar-refractivity contribution in [3.8, 4) is 0 Å². The molecule has 1 rings (SSSR count). The van der Waals surface area contributed by atoms with Crippen LogP contribution in [0.1, 0.15) is 5.69 Å². The summed E-state index contributed by atoms with van der Waals surface area (Å²) >= 11 is 0. The van der Waals surface area contributed by atoms with Crippen molar-refractivity contribution in [1.29, 1.82) is 0 Å². The van der Waals surface area contributed by atoms with Gasteiger partial charge in [-0.05, 0) is 19.1 Å². The van der Waals surface area contributed by atoms with Crippen molar-refractivity contribution in [3.05, 3.63) is 29.8 Å². The molecule has 60 valence electrons. The van der Waals surface area contributed by atoms with E-state index in [0.717, 1.165) is 5.69 Å². The Bertz CT molecular complexity index is 189. The van der Waals surface area contributed by atoms with Crippen molar-refractivity contribution in [2.24, 2.45) is 5.73 Å². The first-order valence-electron chi connectivity index (χ1n) is 2.94. The summed E-state index contributed by atoms with van der Waals surface area (Å²) in [5.41, 5.74) is 5.01. The van der Waals surface area contributed by atoms with Crippen molar-refractivity contribution in [1.82, 2.24) is 4.98 Å². The lowest BCUT2D eigenvalue weighted by Gasteiger charge is -1.86. The molecule has 3 nitrogen and oxygen atoms in total. The van der Waals surface area contributed by atoms with Crippen LogP contribution in [0.5, 0.6) is 0 Å². The molecule has 1 aromatic rings. The average Bonchev–Trinajstić information content (AvgIpc) is 1.97. The van der Waals surface area contributed by atoms with E-state index in [2.05, 4.69) is 10.7 Å². The molecule has 4 heteroatoms. The number of aromatic nitrogens is 1. The van der Waals surface area contributed by atoms with Crippen LogP contribution in [0.2, 0.25) is 0 Å². The summed E-state index contributed by atoms with van der Waals surface area (Å²) in [6, 6.07) is 3.03. The van der Waals surface area contributed by atoms with Crippen LogP contribution in [0.4, 0.5) is 4.39 Å². The second kappa shape index (κ2) is 5.34. The van der Waals surface area contributed by atoms with Crippen molar-refractivity contribution in [3.63, 3.8) is 0 Å². The largest absolute Gasteiger partial charge is 0.372 e. The van der Waals surface area contributed by atoms with E-state index >= 15 is 0 Å². The van der Waals surface area contributed by atoms with Gasteiger partial charge in [0.25, 0.3) is 0 Å². The molecule has 0 aliphatic rings. The molecule has 0 aromatic carbocycles. The quantitative estimate of drug-likeness (QED) is 0.560. The maximum absolute atomic E-state index is 12.0. The Labute approximate surface area is 64.1 Å². The van der Waals surface area contributed by atoms with Crippen molar-refractivity contribution < 1.29 is 9.18 Å². The minimum atomic E-state index is -0.282. The fraction of sp³-hybridized carbons (Fsp3) is 0.143. The number of hydrogen-bond acceptors (Lipinski definition) is 2. The van der Waals surface area contributed by atoms with E-state index in [-0.39, 0.29) is 12.2 Å². The number of nitrogens with two attached hydrogens (primary N) is 1. The highest BCUT2D eigenvalue weighted by Gasteiger charge is 1.84. The van der Waals surface area contributed by atoms with Gasteiger partial charge in [-0.1, -0.05) is 0 Å². The fourth-order valence-electron chi connectivity index (χ4n) is 0.450. The number of hydrogen-bond donors (Lipinski definition) is 1. The predicted octanol–water partition coefficient (Wildman–Crippen LogP) is 0.631. The summed E-state index contributed by atoms with van der Waals surface area (Å²) in [5, 5.41) is 0. The number of halogens is 1. The van der Waals surface area contributed by atoms with E-state index in [1.54, 1.807) is 6.07 Å². The highest BCUT2D eigenvalue weighted by atomic mass is 19.1. The lowest BCUT2D eigenvalue weighted by molar-refractivity contribution is -0.106. The molecule has 0 aliphatic carbocycles. The minimum absolute atomic E-state index is 0.250. The van der Waals surface area contributed by atoms with Gasteiger partial charge < -0.3 is 5.73 Å². The normalized spacial score (nSPS) is 7.82. The standard InChI is InChI=1S/C6H6FN.CH3NO/c1-5-2-3-6(7)4-8-5;2-1-3/h2-4H,1H3;1H,(H2,2,3). The van der Waals surface area contributed by atoms with Gasteiger partial charge in [-0.2, -0.15) is 0 Å². The Balaban J connectivity index is 0.000000292. The molecule has 1 aromatic heterocycles. The van der Waals surface area contributed by atoms with Gasteiger partial charge in [-0.15, -0.1) is 0 Å². The molecule has 0 radical (unpaired) electrons. The monoisotopic (exact) mass is 156 g/mol. The zero-order valence-electron chi connectivity index (χ0n) is 6.12. The molecule has 11 heavy (non-hydrogen) atoms. The molecule has 1 heterocycles. The molecule has 1 amide bonds. The molecule has 0 atom stereocenters. The molecule has 0 spiro atoms. The number of pyridine rings is 1. The molecular weight excluding hydrogens is 147 g/mol. The fourth-order valence-corrected chi connectivity index (χ4v) is 0.450. The lowest BCUT2D eigenvalue weighted by atomic mass is 10.4. The molecule has 0 bridgehead atoms. The lowest BCUT2D eigenvalue weighted by Crippen LogP contribution is -1.82. The average molecular weight is 156 g/mol. The molecule has 0 saturated heterocycles. The number of carbonyl (C=O) groups excluding carboxylic acids is 1. The smallest absolute Gasteiger partial charge is 0.204 e. The van der Waals surface area contributed by atoms with E-state index in [1.165, 1.54) is 12.3 Å². The van der Waals surface area contributed by atoms with Gasteiger partial charge in [0, 0.05) is 5.69 Å². The zero-order valence-corrected chi connectivity index (χ0v) is 6.12. The molecule has 0 fully saturated rings. The van der Waals surface area contributed by atoms with Crippen LogP contribution in [0.25, 0.3) is 0 Å². The first kappa shape index (κ1) is 9.55. The SMILES string of the molecule is Cc1ccc(F)cn1.NC=O. The second-order valence-corrected chi connectivity index (χ2v) is 1.75. The van der Waals surface area contributed by atoms with Crippen molar-refractivity contribution in [2.45, 2.75) is 6.92 Å². The Morgan fingerprint density at radius 2 is 2.18 bits per heavy atom. The van der Waals surface area contributed by atoms with Crippen LogP contribution in [0.3, 0.4) is 0 Å². The molecule has 0 unspecified atom stereocenters. The Kier molecular flexibility index (Phi) is 4.64. The van der Waals surface area contributed by atoms with E-state index < -0.39 is 0 Å². The number of nitrogens with zero attached hydrogens (tertiary/aromatic N) is 1. The first-order chi connectivity index (χ1) is 5.20. The maximum atomic E-state index is 12.0. The van der Waals surface area contributed by atoms with Gasteiger partial charge >= 0.3 is 0 Å². The van der Waals surface area contributed by atoms with Crippen molar-refractivity contribution in [2.75, 3.05) is 0 Å². The zero-order chi connectivity index (χ0) is 8.69. The number of primary amides is 1. The number of rotatable bonds is 0. The number of carbonyl (C=O) groups is 1. The van der Waals surface area contributed by atoms with Gasteiger partial charge in [0.05, 0.1) is 6.20 Å². The predicted molar refractivity (Wildman–Crippen MR) is 39.2 cm³/mol. The Morgan fingerprint density at radius 3 is 2.45 bits per heavy atom. The third-order valence-electron chi connectivity index (χ3n) is 0.875. The first-order valence-corrected chi connectivity index (χ1v) is 2.94. The highest BCUT2D eigenvalue weighted by molar-refractivity contribution is 5.42. The third-order valence-corrected chi connectivity index (χ3v) is 0.875. The minimum Gasteiger partial charge on any atom is -0.372 e. The van der Waals surface area contributed by atoms with Crippen LogP contribution in [-0.4, -0.2) is 11.4 Å². The van der Waals surface area contributed by atoms with Crippen molar-refractivity contribution >= 4 is 6.41 Å². The maximum Gasteiger partial charge on any atom is 0.204 e. The Hall–Kier alpha value is -1.45. The number of aryl methyl sites for hydroxylation is 1. The molecule has 0 saturated carbocycles. The van der Waals surface area contributed by atoms with Crippen LogP contribution in [-0.2, 0) is 4.79 Å². The summed E-state index contributed by atoms with van der Waals surface area (Å²) < 4.78 is 12.0. The van der Waals surface area contributed by atoms with E-state index in [4.69, 9.17) is 4.79 Å². The van der Waals surface area contributed by atoms with Crippen LogP contribution in [0, 0.1) is 12.7 Å². The summed E-state index contributed by atoms with van der Waals surface area (Å²) in [6.07, 6.45) is 1.45. The summed E-state index contributed by atoms with van der Waals surface area (Å²) in [7, 11) is 0. The van der Waals surface area contributed by atoms with Crippen LogP contribution < -0.4 is 5.73 Å². The van der Waals surface area contributed by atoms with E-state index in [0.29, 0.717) is 0 Å². The Morgan fingerprint density at radius 1 is 1.64 bits per heavy atom. The second-order valence-electron chi connectivity index (χ2n) is 1.75. The van der Waals surface area contributed by atoms with Gasteiger partial charge in [0.1, 0.15) is 5.82 Å². The highest BCUT2D eigenvalue weighted by Crippen LogP contribution is 1.94. The van der Waals surface area contributed by atoms with Gasteiger partial charge in [-0.25, -0.2) is 4.39 Å². The topological polar surface area (TPSA) is 56.0 Å².